The number of anilines is 1. The van der Waals surface area contributed by atoms with Crippen LogP contribution in [-0.4, -0.2) is 46.5 Å². The zero-order valence-electron chi connectivity index (χ0n) is 14.3. The number of carboxylic acid groups (broad SMARTS) is 1. The van der Waals surface area contributed by atoms with Crippen LogP contribution in [-0.2, 0) is 4.79 Å². The molecule has 0 saturated carbocycles. The molecule has 0 amide bonds. The molecule has 2 aromatic rings. The number of piperidine rings is 1. The van der Waals surface area contributed by atoms with Crippen LogP contribution >= 0.6 is 0 Å². The van der Waals surface area contributed by atoms with E-state index in [1.807, 2.05) is 11.8 Å². The van der Waals surface area contributed by atoms with Gasteiger partial charge in [-0.3, -0.25) is 4.98 Å². The first-order chi connectivity index (χ1) is 12.6. The van der Waals surface area contributed by atoms with Crippen LogP contribution in [0.4, 0.5) is 5.82 Å². The third-order valence-electron chi connectivity index (χ3n) is 4.77. The highest BCUT2D eigenvalue weighted by Crippen LogP contribution is 2.38. The van der Waals surface area contributed by atoms with Gasteiger partial charge < -0.3 is 24.2 Å². The van der Waals surface area contributed by atoms with Crippen molar-refractivity contribution in [3.63, 3.8) is 0 Å². The minimum Gasteiger partial charge on any atom is -0.478 e. The number of hydrogen-bond donors (Lipinski definition) is 1. The van der Waals surface area contributed by atoms with Crippen LogP contribution in [0.15, 0.2) is 30.6 Å². The molecule has 3 heterocycles. The molecular weight excluding hydrogens is 338 g/mol. The van der Waals surface area contributed by atoms with E-state index in [0.29, 0.717) is 43.2 Å². The topological polar surface area (TPSA) is 94.0 Å². The van der Waals surface area contributed by atoms with Gasteiger partial charge in [0, 0.05) is 44.4 Å². The van der Waals surface area contributed by atoms with Crippen LogP contribution in [0.2, 0.25) is 0 Å². The number of nitrogens with zero attached hydrogens (tertiary/aromatic N) is 3. The van der Waals surface area contributed by atoms with Crippen molar-refractivity contribution in [1.82, 2.24) is 9.97 Å². The fourth-order valence-electron chi connectivity index (χ4n) is 3.32. The Morgan fingerprint density at radius 1 is 1.19 bits per heavy atom. The maximum absolute atomic E-state index is 12.0. The highest BCUT2D eigenvalue weighted by Gasteiger charge is 2.44. The fraction of sp³-hybridized carbons (Fsp3) is 0.389. The summed E-state index contributed by atoms with van der Waals surface area (Å²) in [6.07, 6.45) is 3.97. The van der Waals surface area contributed by atoms with Gasteiger partial charge in [-0.2, -0.15) is 0 Å². The quantitative estimate of drug-likeness (QED) is 0.888. The molecule has 0 spiro atoms. The summed E-state index contributed by atoms with van der Waals surface area (Å²) in [4.78, 5) is 22.7. The minimum atomic E-state index is -1.28. The Hall–Kier alpha value is -3.03. The van der Waals surface area contributed by atoms with Crippen LogP contribution in [0.5, 0.6) is 17.2 Å². The lowest BCUT2D eigenvalue weighted by Gasteiger charge is -2.39. The second kappa shape index (κ2) is 6.36. The third kappa shape index (κ3) is 2.87. The number of fused-ring (bicyclic) bond motifs is 1. The van der Waals surface area contributed by atoms with Crippen molar-refractivity contribution < 1.29 is 24.1 Å². The predicted molar refractivity (Wildman–Crippen MR) is 91.8 cm³/mol. The smallest absolute Gasteiger partial charge is 0.348 e. The first-order valence-corrected chi connectivity index (χ1v) is 8.42. The lowest BCUT2D eigenvalue weighted by molar-refractivity contribution is -0.157. The van der Waals surface area contributed by atoms with Crippen molar-refractivity contribution in [3.8, 4) is 17.2 Å². The molecule has 1 N–H and O–H groups in total. The molecule has 26 heavy (non-hydrogen) atoms. The second-order valence-electron chi connectivity index (χ2n) is 6.37. The predicted octanol–water partition coefficient (Wildman–Crippen LogP) is 2.02. The summed E-state index contributed by atoms with van der Waals surface area (Å²) in [5.74, 6) is 1.48. The highest BCUT2D eigenvalue weighted by molar-refractivity contribution is 5.78. The molecule has 4 rings (SSSR count). The fourth-order valence-corrected chi connectivity index (χ4v) is 3.32. The molecule has 0 bridgehead atoms. The average molecular weight is 357 g/mol. The zero-order chi connectivity index (χ0) is 18.1. The lowest BCUT2D eigenvalue weighted by atomic mass is 9.91. The summed E-state index contributed by atoms with van der Waals surface area (Å²) in [5.41, 5.74) is -0.452. The van der Waals surface area contributed by atoms with E-state index in [4.69, 9.17) is 14.2 Å². The van der Waals surface area contributed by atoms with Gasteiger partial charge in [0.05, 0.1) is 5.69 Å². The monoisotopic (exact) mass is 357 g/mol. The van der Waals surface area contributed by atoms with E-state index < -0.39 is 11.6 Å². The Morgan fingerprint density at radius 2 is 1.92 bits per heavy atom. The van der Waals surface area contributed by atoms with Gasteiger partial charge in [-0.25, -0.2) is 9.78 Å². The first-order valence-electron chi connectivity index (χ1n) is 8.42. The Bertz CT molecular complexity index is 833. The Labute approximate surface area is 150 Å². The number of carboxylic acids is 1. The number of aliphatic carboxylic acids is 1. The summed E-state index contributed by atoms with van der Waals surface area (Å²) >= 11 is 0. The van der Waals surface area contributed by atoms with Gasteiger partial charge in [0.1, 0.15) is 11.6 Å². The molecule has 136 valence electrons. The summed E-state index contributed by atoms with van der Waals surface area (Å²) in [7, 11) is 0. The van der Waals surface area contributed by atoms with Crippen LogP contribution in [0, 0.1) is 6.92 Å². The number of carbonyl (C=O) groups is 1. The minimum absolute atomic E-state index is 0.162. The second-order valence-corrected chi connectivity index (χ2v) is 6.37. The molecule has 2 aliphatic heterocycles. The number of rotatable bonds is 4. The van der Waals surface area contributed by atoms with Gasteiger partial charge in [0.25, 0.3) is 0 Å². The van der Waals surface area contributed by atoms with E-state index >= 15 is 0 Å². The van der Waals surface area contributed by atoms with Gasteiger partial charge in [0.2, 0.25) is 12.4 Å². The van der Waals surface area contributed by atoms with Gasteiger partial charge in [-0.05, 0) is 19.1 Å². The van der Waals surface area contributed by atoms with E-state index in [0.717, 1.165) is 11.5 Å². The lowest BCUT2D eigenvalue weighted by Crippen LogP contribution is -2.53. The molecule has 1 fully saturated rings. The van der Waals surface area contributed by atoms with Crippen molar-refractivity contribution in [2.24, 2.45) is 0 Å². The normalized spacial score (nSPS) is 17.8. The Morgan fingerprint density at radius 3 is 2.65 bits per heavy atom. The SMILES string of the molecule is Cc1nccnc1N1CCC(Oc2ccc3c(c2)OCO3)(C(=O)O)CC1. The average Bonchev–Trinajstić information content (AvgIpc) is 3.10. The van der Waals surface area contributed by atoms with E-state index in [-0.39, 0.29) is 6.79 Å². The van der Waals surface area contributed by atoms with Crippen LogP contribution in [0.1, 0.15) is 18.5 Å². The van der Waals surface area contributed by atoms with E-state index in [1.54, 1.807) is 30.6 Å². The Kier molecular flexibility index (Phi) is 4.02. The number of benzene rings is 1. The molecule has 8 nitrogen and oxygen atoms in total. The molecule has 8 heteroatoms. The molecule has 0 atom stereocenters. The van der Waals surface area contributed by atoms with Gasteiger partial charge >= 0.3 is 5.97 Å². The van der Waals surface area contributed by atoms with Gasteiger partial charge in [0.15, 0.2) is 11.5 Å². The third-order valence-corrected chi connectivity index (χ3v) is 4.77. The van der Waals surface area contributed by atoms with E-state index in [1.165, 1.54) is 0 Å². The number of ether oxygens (including phenoxy) is 3. The van der Waals surface area contributed by atoms with Crippen molar-refractivity contribution in [1.29, 1.82) is 0 Å². The summed E-state index contributed by atoms with van der Waals surface area (Å²) < 4.78 is 16.6. The Balaban J connectivity index is 1.52. The molecule has 1 aromatic carbocycles. The molecule has 1 aromatic heterocycles. The van der Waals surface area contributed by atoms with Crippen molar-refractivity contribution in [3.05, 3.63) is 36.3 Å². The van der Waals surface area contributed by atoms with E-state index in [9.17, 15) is 9.90 Å². The summed E-state index contributed by atoms with van der Waals surface area (Å²) in [6, 6.07) is 5.11. The summed E-state index contributed by atoms with van der Waals surface area (Å²) in [5, 5.41) is 9.83. The molecule has 2 aliphatic rings. The summed E-state index contributed by atoms with van der Waals surface area (Å²) in [6.45, 7) is 3.10. The maximum Gasteiger partial charge on any atom is 0.348 e. The zero-order valence-corrected chi connectivity index (χ0v) is 14.3. The van der Waals surface area contributed by atoms with Gasteiger partial charge in [-0.15, -0.1) is 0 Å². The van der Waals surface area contributed by atoms with Gasteiger partial charge in [-0.1, -0.05) is 0 Å². The maximum atomic E-state index is 12.0. The number of aryl methyl sites for hydroxylation is 1. The largest absolute Gasteiger partial charge is 0.478 e. The van der Waals surface area contributed by atoms with Crippen LogP contribution in [0.3, 0.4) is 0 Å². The van der Waals surface area contributed by atoms with Crippen molar-refractivity contribution >= 4 is 11.8 Å². The van der Waals surface area contributed by atoms with Crippen LogP contribution < -0.4 is 19.1 Å². The number of aromatic nitrogens is 2. The van der Waals surface area contributed by atoms with E-state index in [2.05, 4.69) is 9.97 Å². The van der Waals surface area contributed by atoms with Crippen LogP contribution in [0.25, 0.3) is 0 Å². The molecule has 0 aliphatic carbocycles. The molecule has 0 unspecified atom stereocenters. The standard InChI is InChI=1S/C18H19N3O5/c1-12-16(20-7-6-19-12)21-8-4-18(5-9-21,17(22)23)26-13-2-3-14-15(10-13)25-11-24-14/h2-3,6-7,10H,4-5,8-9,11H2,1H3,(H,22,23). The first kappa shape index (κ1) is 16.4. The number of hydrogen-bond acceptors (Lipinski definition) is 7. The van der Waals surface area contributed by atoms with Crippen molar-refractivity contribution in [2.75, 3.05) is 24.8 Å². The molecular formula is C18H19N3O5. The molecule has 1 saturated heterocycles. The molecule has 0 radical (unpaired) electrons. The van der Waals surface area contributed by atoms with Crippen molar-refractivity contribution in [2.45, 2.75) is 25.4 Å². The highest BCUT2D eigenvalue weighted by atomic mass is 16.7.